The number of rotatable bonds is 6. The number of nitrogens with zero attached hydrogens (tertiary/aromatic N) is 2. The second-order valence-corrected chi connectivity index (χ2v) is 17.0. The SMILES string of the molecule is c1ccc(-c2ccc(-n3c4ccccc4c4ccc(N(c5ccccc5)c5cc(-c6cccc7sc8ccccc8c67)cc6sc7ccccc7c56)cc43)cc2)cc1. The van der Waals surface area contributed by atoms with Crippen molar-refractivity contribution in [3.05, 3.63) is 206 Å². The molecule has 2 nitrogen and oxygen atoms in total. The van der Waals surface area contributed by atoms with Gasteiger partial charge in [-0.2, -0.15) is 0 Å². The number of anilines is 3. The molecule has 12 aromatic rings. The lowest BCUT2D eigenvalue weighted by atomic mass is 9.96. The van der Waals surface area contributed by atoms with Crippen molar-refractivity contribution in [3.8, 4) is 27.9 Å². The summed E-state index contributed by atoms with van der Waals surface area (Å²) in [5, 5.41) is 7.66. The summed E-state index contributed by atoms with van der Waals surface area (Å²) in [7, 11) is 0. The fourth-order valence-corrected chi connectivity index (χ4v) is 11.3. The lowest BCUT2D eigenvalue weighted by Gasteiger charge is -2.27. The van der Waals surface area contributed by atoms with Crippen LogP contribution in [0.3, 0.4) is 0 Å². The average molecular weight is 775 g/mol. The molecule has 0 atom stereocenters. The van der Waals surface area contributed by atoms with Gasteiger partial charge in [0.05, 0.1) is 16.7 Å². The van der Waals surface area contributed by atoms with Gasteiger partial charge >= 0.3 is 0 Å². The van der Waals surface area contributed by atoms with Crippen LogP contribution < -0.4 is 4.90 Å². The first-order valence-electron chi connectivity index (χ1n) is 19.7. The number of aromatic nitrogens is 1. The molecular weight excluding hydrogens is 741 g/mol. The number of fused-ring (bicyclic) bond motifs is 9. The van der Waals surface area contributed by atoms with Crippen molar-refractivity contribution in [1.82, 2.24) is 4.57 Å². The Balaban J connectivity index is 1.13. The van der Waals surface area contributed by atoms with Crippen molar-refractivity contribution in [3.63, 3.8) is 0 Å². The summed E-state index contributed by atoms with van der Waals surface area (Å²) in [6.07, 6.45) is 0. The Morgan fingerprint density at radius 1 is 0.345 bits per heavy atom. The molecule has 3 heterocycles. The average Bonchev–Trinajstić information content (AvgIpc) is 3.97. The van der Waals surface area contributed by atoms with E-state index in [2.05, 4.69) is 216 Å². The minimum absolute atomic E-state index is 1.11. The third-order valence-corrected chi connectivity index (χ3v) is 13.8. The van der Waals surface area contributed by atoms with Crippen molar-refractivity contribution in [2.24, 2.45) is 0 Å². The predicted octanol–water partition coefficient (Wildman–Crippen LogP) is 16.3. The molecule has 0 saturated heterocycles. The van der Waals surface area contributed by atoms with Crippen LogP contribution in [0.1, 0.15) is 0 Å². The highest BCUT2D eigenvalue weighted by atomic mass is 32.1. The Kier molecular flexibility index (Phi) is 7.62. The Hall–Kier alpha value is -6.98. The van der Waals surface area contributed by atoms with E-state index in [0.29, 0.717) is 0 Å². The molecule has 0 fully saturated rings. The summed E-state index contributed by atoms with van der Waals surface area (Å²) in [4.78, 5) is 2.48. The van der Waals surface area contributed by atoms with E-state index >= 15 is 0 Å². The topological polar surface area (TPSA) is 8.17 Å². The second-order valence-electron chi connectivity index (χ2n) is 14.9. The Labute approximate surface area is 343 Å². The fraction of sp³-hybridized carbons (Fsp3) is 0. The first-order chi connectivity index (χ1) is 28.8. The molecule has 0 N–H and O–H groups in total. The first-order valence-corrected chi connectivity index (χ1v) is 21.3. The molecule has 0 unspecified atom stereocenters. The molecule has 4 heteroatoms. The van der Waals surface area contributed by atoms with Gasteiger partial charge in [0, 0.05) is 68.2 Å². The molecule has 272 valence electrons. The van der Waals surface area contributed by atoms with E-state index in [-0.39, 0.29) is 0 Å². The normalized spacial score (nSPS) is 11.8. The molecule has 0 radical (unpaired) electrons. The van der Waals surface area contributed by atoms with Gasteiger partial charge in [-0.3, -0.25) is 0 Å². The minimum Gasteiger partial charge on any atom is -0.310 e. The van der Waals surface area contributed by atoms with Crippen LogP contribution in [0.2, 0.25) is 0 Å². The summed E-state index contributed by atoms with van der Waals surface area (Å²) in [6, 6.07) is 75.7. The van der Waals surface area contributed by atoms with Gasteiger partial charge < -0.3 is 9.47 Å². The van der Waals surface area contributed by atoms with Gasteiger partial charge in [-0.15, -0.1) is 22.7 Å². The van der Waals surface area contributed by atoms with E-state index in [1.165, 1.54) is 90.1 Å². The van der Waals surface area contributed by atoms with Crippen LogP contribution in [0.25, 0.3) is 90.1 Å². The van der Waals surface area contributed by atoms with Crippen molar-refractivity contribution in [2.45, 2.75) is 0 Å². The third kappa shape index (κ3) is 5.23. The summed E-state index contributed by atoms with van der Waals surface area (Å²) in [5.41, 5.74) is 11.8. The van der Waals surface area contributed by atoms with E-state index in [9.17, 15) is 0 Å². The number of thiophene rings is 2. The maximum Gasteiger partial charge on any atom is 0.0561 e. The molecule has 0 spiro atoms. The van der Waals surface area contributed by atoms with Crippen LogP contribution in [0.5, 0.6) is 0 Å². The van der Waals surface area contributed by atoms with Crippen LogP contribution in [-0.2, 0) is 0 Å². The molecule has 0 aliphatic heterocycles. The van der Waals surface area contributed by atoms with Crippen LogP contribution in [0.4, 0.5) is 17.1 Å². The zero-order valence-corrected chi connectivity index (χ0v) is 33.0. The van der Waals surface area contributed by atoms with E-state index in [0.717, 1.165) is 17.1 Å². The molecular formula is C54H34N2S2. The van der Waals surface area contributed by atoms with Crippen molar-refractivity contribution >= 4 is 102 Å². The number of hydrogen-bond donors (Lipinski definition) is 0. The Morgan fingerprint density at radius 3 is 1.72 bits per heavy atom. The predicted molar refractivity (Wildman–Crippen MR) is 252 cm³/mol. The molecule has 0 aliphatic rings. The molecule has 0 aliphatic carbocycles. The Bertz CT molecular complexity index is 3500. The zero-order valence-electron chi connectivity index (χ0n) is 31.3. The standard InChI is InChI=1S/C54H34N2S2/c1-3-14-35(15-4-1)36-26-28-39(29-27-36)56-46-22-10-7-18-42(46)43-31-30-40(34-47(43)56)55(38-16-5-2-6-17-38)48-32-37(33-52-54(48)45-20-9-12-24-50(45)58-52)41-21-13-25-51-53(41)44-19-8-11-23-49(44)57-51/h1-34H. The summed E-state index contributed by atoms with van der Waals surface area (Å²) in [6.45, 7) is 0. The largest absolute Gasteiger partial charge is 0.310 e. The maximum absolute atomic E-state index is 2.48. The number of hydrogen-bond acceptors (Lipinski definition) is 3. The molecule has 0 bridgehead atoms. The fourth-order valence-electron chi connectivity index (χ4n) is 8.99. The molecule has 0 saturated carbocycles. The number of para-hydroxylation sites is 2. The molecule has 0 amide bonds. The molecule has 3 aromatic heterocycles. The highest BCUT2D eigenvalue weighted by Crippen LogP contribution is 2.49. The van der Waals surface area contributed by atoms with Gasteiger partial charge in [0.25, 0.3) is 0 Å². The molecule has 12 rings (SSSR count). The highest BCUT2D eigenvalue weighted by molar-refractivity contribution is 7.26. The number of benzene rings is 9. The monoisotopic (exact) mass is 774 g/mol. The van der Waals surface area contributed by atoms with E-state index in [1.54, 1.807) is 0 Å². The highest BCUT2D eigenvalue weighted by Gasteiger charge is 2.23. The van der Waals surface area contributed by atoms with Gasteiger partial charge in [0.15, 0.2) is 0 Å². The maximum atomic E-state index is 2.48. The van der Waals surface area contributed by atoms with Crippen LogP contribution >= 0.6 is 22.7 Å². The lowest BCUT2D eigenvalue weighted by Crippen LogP contribution is -2.10. The van der Waals surface area contributed by atoms with Crippen LogP contribution in [0, 0.1) is 0 Å². The summed E-state index contributed by atoms with van der Waals surface area (Å²) >= 11 is 3.75. The zero-order chi connectivity index (χ0) is 38.2. The van der Waals surface area contributed by atoms with E-state index in [1.807, 2.05) is 22.7 Å². The quantitative estimate of drug-likeness (QED) is 0.163. The van der Waals surface area contributed by atoms with E-state index < -0.39 is 0 Å². The minimum atomic E-state index is 1.11. The third-order valence-electron chi connectivity index (χ3n) is 11.6. The smallest absolute Gasteiger partial charge is 0.0561 e. The van der Waals surface area contributed by atoms with Gasteiger partial charge in [-0.05, 0) is 95.1 Å². The lowest BCUT2D eigenvalue weighted by molar-refractivity contribution is 1.18. The van der Waals surface area contributed by atoms with Gasteiger partial charge in [-0.25, -0.2) is 0 Å². The van der Waals surface area contributed by atoms with Gasteiger partial charge in [0.1, 0.15) is 0 Å². The summed E-state index contributed by atoms with van der Waals surface area (Å²) in [5.74, 6) is 0. The Morgan fingerprint density at radius 2 is 0.948 bits per heavy atom. The van der Waals surface area contributed by atoms with Crippen molar-refractivity contribution < 1.29 is 0 Å². The van der Waals surface area contributed by atoms with Crippen LogP contribution in [0.15, 0.2) is 206 Å². The second kappa shape index (κ2) is 13.3. The van der Waals surface area contributed by atoms with E-state index in [4.69, 9.17) is 0 Å². The van der Waals surface area contributed by atoms with Crippen LogP contribution in [-0.4, -0.2) is 4.57 Å². The van der Waals surface area contributed by atoms with Crippen molar-refractivity contribution in [1.29, 1.82) is 0 Å². The summed E-state index contributed by atoms with van der Waals surface area (Å²) < 4.78 is 7.63. The van der Waals surface area contributed by atoms with Gasteiger partial charge in [0.2, 0.25) is 0 Å². The molecule has 9 aromatic carbocycles. The molecule has 58 heavy (non-hydrogen) atoms. The van der Waals surface area contributed by atoms with Crippen molar-refractivity contribution in [2.75, 3.05) is 4.90 Å². The van der Waals surface area contributed by atoms with Gasteiger partial charge in [-0.1, -0.05) is 133 Å². The first kappa shape index (κ1) is 33.2.